The second kappa shape index (κ2) is 9.35. The summed E-state index contributed by atoms with van der Waals surface area (Å²) in [5, 5.41) is 3.21. The van der Waals surface area contributed by atoms with Crippen molar-refractivity contribution in [3.05, 3.63) is 83.3 Å². The van der Waals surface area contributed by atoms with E-state index in [0.29, 0.717) is 48.3 Å². The molecule has 2 aromatic heterocycles. The summed E-state index contributed by atoms with van der Waals surface area (Å²) in [6.07, 6.45) is 2.92. The van der Waals surface area contributed by atoms with E-state index in [-0.39, 0.29) is 12.3 Å². The van der Waals surface area contributed by atoms with Crippen LogP contribution in [0.25, 0.3) is 11.0 Å². The van der Waals surface area contributed by atoms with Gasteiger partial charge in [0.25, 0.3) is 5.91 Å². The fourth-order valence-electron chi connectivity index (χ4n) is 5.18. The molecule has 1 unspecified atom stereocenters. The van der Waals surface area contributed by atoms with Gasteiger partial charge in [-0.05, 0) is 54.8 Å². The lowest BCUT2D eigenvalue weighted by Crippen LogP contribution is -2.33. The largest absolute Gasteiger partial charge is 0.489 e. The predicted molar refractivity (Wildman–Crippen MR) is 145 cm³/mol. The van der Waals surface area contributed by atoms with Crippen molar-refractivity contribution < 1.29 is 26.8 Å². The van der Waals surface area contributed by atoms with Gasteiger partial charge in [-0.15, -0.1) is 0 Å². The van der Waals surface area contributed by atoms with Crippen LogP contribution in [0, 0.1) is 5.82 Å². The topological polar surface area (TPSA) is 105 Å². The Morgan fingerprint density at radius 1 is 1.18 bits per heavy atom. The second-order valence-electron chi connectivity index (χ2n) is 10.0. The Bertz CT molecular complexity index is 1690. The number of carbonyl (C=O) groups is 1. The molecule has 11 heteroatoms. The van der Waals surface area contributed by atoms with Gasteiger partial charge in [0.1, 0.15) is 29.6 Å². The number of carbonyl (C=O) groups excluding carboxylic acids is 1. The van der Waals surface area contributed by atoms with Crippen molar-refractivity contribution in [2.75, 3.05) is 30.9 Å². The number of ether oxygens (including phenoxy) is 1. The summed E-state index contributed by atoms with van der Waals surface area (Å²) in [6.45, 7) is 0.662. The average Bonchev–Trinajstić information content (AvgIpc) is 3.27. The van der Waals surface area contributed by atoms with Crippen LogP contribution in [0.2, 0.25) is 0 Å². The molecule has 2 atom stereocenters. The first kappa shape index (κ1) is 25.3. The maximum atomic E-state index is 14.2. The Balaban J connectivity index is 1.25. The molecule has 0 saturated carbocycles. The number of sulfonamides is 1. The summed E-state index contributed by atoms with van der Waals surface area (Å²) < 4.78 is 52.2. The van der Waals surface area contributed by atoms with Crippen molar-refractivity contribution in [3.63, 3.8) is 0 Å². The summed E-state index contributed by atoms with van der Waals surface area (Å²) in [5.41, 5.74) is 2.71. The molecule has 39 heavy (non-hydrogen) atoms. The number of fused-ring (bicyclic) bond motifs is 2. The van der Waals surface area contributed by atoms with Gasteiger partial charge in [-0.25, -0.2) is 17.8 Å². The van der Waals surface area contributed by atoms with Gasteiger partial charge in [-0.1, -0.05) is 18.2 Å². The maximum Gasteiger partial charge on any atom is 0.265 e. The van der Waals surface area contributed by atoms with Crippen molar-refractivity contribution in [3.8, 4) is 5.75 Å². The van der Waals surface area contributed by atoms with E-state index >= 15 is 0 Å². The van der Waals surface area contributed by atoms with Crippen LogP contribution in [0.15, 0.2) is 65.2 Å². The summed E-state index contributed by atoms with van der Waals surface area (Å²) in [5.74, 6) is 0.512. The minimum atomic E-state index is -3.63. The highest BCUT2D eigenvalue weighted by molar-refractivity contribution is 7.98. The van der Waals surface area contributed by atoms with Crippen LogP contribution in [-0.4, -0.2) is 49.1 Å². The zero-order valence-electron chi connectivity index (χ0n) is 21.5. The minimum Gasteiger partial charge on any atom is -0.489 e. The Morgan fingerprint density at radius 2 is 2.03 bits per heavy atom. The van der Waals surface area contributed by atoms with Crippen LogP contribution in [0.3, 0.4) is 0 Å². The van der Waals surface area contributed by atoms with E-state index in [1.54, 1.807) is 6.20 Å². The molecule has 0 spiro atoms. The molecule has 0 radical (unpaired) electrons. The van der Waals surface area contributed by atoms with Gasteiger partial charge in [-0.2, -0.15) is 4.31 Å². The number of nitrogens with zero attached hydrogens (tertiary/aromatic N) is 3. The molecule has 2 aromatic carbocycles. The molecule has 2 aliphatic heterocycles. The van der Waals surface area contributed by atoms with Crippen LogP contribution in [0.1, 0.15) is 29.5 Å². The van der Waals surface area contributed by atoms with E-state index < -0.39 is 26.6 Å². The molecule has 1 N–H and O–H groups in total. The number of aromatic nitrogens is 1. The number of halogens is 1. The highest BCUT2D eigenvalue weighted by Crippen LogP contribution is 2.53. The Hall–Kier alpha value is -3.96. The molecule has 0 aliphatic carbocycles. The zero-order chi connectivity index (χ0) is 27.4. The quantitative estimate of drug-likeness (QED) is 0.327. The molecule has 2 saturated heterocycles. The first-order valence-corrected chi connectivity index (χ1v) is 14.0. The van der Waals surface area contributed by atoms with Gasteiger partial charge in [0.15, 0.2) is 0 Å². The van der Waals surface area contributed by atoms with E-state index in [0.717, 1.165) is 16.9 Å². The number of furan rings is 1. The lowest BCUT2D eigenvalue weighted by atomic mass is 10.0. The van der Waals surface area contributed by atoms with E-state index in [1.165, 1.54) is 22.5 Å². The molecule has 1 amide bonds. The Kier molecular flexibility index (Phi) is 6.07. The molecular weight excluding hydrogens is 523 g/mol. The van der Waals surface area contributed by atoms with Gasteiger partial charge < -0.3 is 14.1 Å². The highest BCUT2D eigenvalue weighted by Gasteiger charge is 2.77. The van der Waals surface area contributed by atoms with Crippen molar-refractivity contribution >= 4 is 38.6 Å². The van der Waals surface area contributed by atoms with Gasteiger partial charge in [0, 0.05) is 49.8 Å². The summed E-state index contributed by atoms with van der Waals surface area (Å²) in [6, 6.07) is 15.5. The number of benzene rings is 2. The third-order valence-corrected chi connectivity index (χ3v) is 9.62. The third kappa shape index (κ3) is 4.31. The Morgan fingerprint density at radius 3 is 2.74 bits per heavy atom. The fourth-order valence-corrected chi connectivity index (χ4v) is 7.35. The number of anilines is 2. The van der Waals surface area contributed by atoms with Crippen LogP contribution >= 0.6 is 0 Å². The average molecular weight is 551 g/mol. The second-order valence-corrected chi connectivity index (χ2v) is 12.1. The van der Waals surface area contributed by atoms with Gasteiger partial charge in [0.2, 0.25) is 20.8 Å². The summed E-state index contributed by atoms with van der Waals surface area (Å²) >= 11 is 0. The first-order valence-electron chi connectivity index (χ1n) is 12.6. The van der Waals surface area contributed by atoms with Crippen molar-refractivity contribution in [1.29, 1.82) is 0 Å². The van der Waals surface area contributed by atoms with E-state index in [1.807, 2.05) is 55.4 Å². The lowest BCUT2D eigenvalue weighted by molar-refractivity contribution is -0.118. The SMILES string of the molecule is CN(C)c1ccc(COc2cccc(Cc3c(NC(=O)[C@@]45CCCN4S5(=O)=O)oc4ccc(F)cc34)c2)cn1. The van der Waals surface area contributed by atoms with Crippen molar-refractivity contribution in [1.82, 2.24) is 9.29 Å². The fraction of sp³-hybridized carbons (Fsp3) is 0.286. The first-order chi connectivity index (χ1) is 18.7. The standard InChI is InChI=1S/C28H27FN4O5S/c1-32(2)25-10-7-19(16-30-25)17-37-21-6-3-5-18(13-21)14-23-22-15-20(29)8-9-24(22)38-26(23)31-27(34)28-11-4-12-33(28)39(28,35)36/h3,5-10,13,15-16H,4,11-12,14,17H2,1-2H3,(H,31,34)/t28-,33?/m0/s1. The number of nitrogens with one attached hydrogen (secondary N) is 1. The number of hydrogen-bond acceptors (Lipinski definition) is 7. The highest BCUT2D eigenvalue weighted by atomic mass is 32.2. The Labute approximate surface area is 225 Å². The predicted octanol–water partition coefficient (Wildman–Crippen LogP) is 4.28. The number of amides is 1. The monoisotopic (exact) mass is 550 g/mol. The normalized spacial score (nSPS) is 20.9. The van der Waals surface area contributed by atoms with E-state index in [4.69, 9.17) is 9.15 Å². The molecule has 6 rings (SSSR count). The molecular formula is C28H27FN4O5S. The van der Waals surface area contributed by atoms with E-state index in [9.17, 15) is 17.6 Å². The smallest absolute Gasteiger partial charge is 0.265 e. The molecule has 4 aromatic rings. The molecule has 2 aliphatic rings. The van der Waals surface area contributed by atoms with Crippen LogP contribution in [-0.2, 0) is 27.8 Å². The van der Waals surface area contributed by atoms with Crippen LogP contribution < -0.4 is 15.0 Å². The zero-order valence-corrected chi connectivity index (χ0v) is 22.3. The number of pyridine rings is 1. The number of rotatable bonds is 8. The third-order valence-electron chi connectivity index (χ3n) is 7.25. The van der Waals surface area contributed by atoms with Crippen LogP contribution in [0.4, 0.5) is 16.1 Å². The molecule has 202 valence electrons. The molecule has 4 heterocycles. The maximum absolute atomic E-state index is 14.2. The molecule has 2 fully saturated rings. The van der Waals surface area contributed by atoms with Crippen molar-refractivity contribution in [2.24, 2.45) is 0 Å². The lowest BCUT2D eigenvalue weighted by Gasteiger charge is -2.12. The number of hydrogen-bond donors (Lipinski definition) is 1. The van der Waals surface area contributed by atoms with Gasteiger partial charge >= 0.3 is 0 Å². The van der Waals surface area contributed by atoms with E-state index in [2.05, 4.69) is 10.3 Å². The van der Waals surface area contributed by atoms with Gasteiger partial charge in [0.05, 0.1) is 0 Å². The van der Waals surface area contributed by atoms with Crippen molar-refractivity contribution in [2.45, 2.75) is 30.7 Å². The summed E-state index contributed by atoms with van der Waals surface area (Å²) in [4.78, 5) is 18.0. The van der Waals surface area contributed by atoms with Gasteiger partial charge in [-0.3, -0.25) is 10.1 Å². The minimum absolute atomic E-state index is 0.113. The summed E-state index contributed by atoms with van der Waals surface area (Å²) in [7, 11) is 0.218. The van der Waals surface area contributed by atoms with Crippen LogP contribution in [0.5, 0.6) is 5.75 Å². The molecule has 9 nitrogen and oxygen atoms in total. The molecule has 0 bridgehead atoms.